The van der Waals surface area contributed by atoms with Gasteiger partial charge in [-0.2, -0.15) is 0 Å². The Hall–Kier alpha value is -1.25. The van der Waals surface area contributed by atoms with Crippen molar-refractivity contribution >= 4 is 5.78 Å². The molecular formula is C11H14O3. The molecule has 0 N–H and O–H groups in total. The fourth-order valence-electron chi connectivity index (χ4n) is 1.89. The van der Waals surface area contributed by atoms with Crippen molar-refractivity contribution in [3.63, 3.8) is 0 Å². The molecule has 0 fully saturated rings. The van der Waals surface area contributed by atoms with E-state index in [0.29, 0.717) is 12.8 Å². The van der Waals surface area contributed by atoms with Crippen LogP contribution in [-0.2, 0) is 14.3 Å². The first-order valence-electron chi connectivity index (χ1n) is 4.77. The second-order valence-corrected chi connectivity index (χ2v) is 4.18. The summed E-state index contributed by atoms with van der Waals surface area (Å²) in [6, 6.07) is 0. The molecule has 2 aliphatic heterocycles. The predicted octanol–water partition coefficient (Wildman–Crippen LogP) is 1.94. The third kappa shape index (κ3) is 1.24. The Morgan fingerprint density at radius 3 is 1.79 bits per heavy atom. The smallest absolute Gasteiger partial charge is 0.219 e. The summed E-state index contributed by atoms with van der Waals surface area (Å²) >= 11 is 0. The molecule has 0 saturated heterocycles. The van der Waals surface area contributed by atoms with Gasteiger partial charge in [-0.05, 0) is 26.0 Å². The zero-order chi connectivity index (χ0) is 10.2. The number of carbonyl (C=O) groups is 1. The third-order valence-electron chi connectivity index (χ3n) is 2.82. The Morgan fingerprint density at radius 2 is 1.50 bits per heavy atom. The van der Waals surface area contributed by atoms with Crippen LogP contribution in [0.2, 0.25) is 0 Å². The maximum absolute atomic E-state index is 12.2. The lowest BCUT2D eigenvalue weighted by Crippen LogP contribution is -2.49. The topological polar surface area (TPSA) is 35.5 Å². The summed E-state index contributed by atoms with van der Waals surface area (Å²) in [5, 5.41) is 0. The van der Waals surface area contributed by atoms with Crippen LogP contribution in [0.4, 0.5) is 0 Å². The molecule has 0 radical (unpaired) electrons. The Bertz CT molecular complexity index is 268. The lowest BCUT2D eigenvalue weighted by atomic mass is 9.84. The van der Waals surface area contributed by atoms with E-state index in [1.54, 1.807) is 12.5 Å². The molecule has 14 heavy (non-hydrogen) atoms. The van der Waals surface area contributed by atoms with Crippen molar-refractivity contribution in [2.45, 2.75) is 37.9 Å². The lowest BCUT2D eigenvalue weighted by molar-refractivity contribution is -0.151. The average Bonchev–Trinajstić information content (AvgIpc) is 2.75. The molecule has 2 rings (SSSR count). The van der Waals surface area contributed by atoms with Crippen LogP contribution >= 0.6 is 0 Å². The Labute approximate surface area is 83.4 Å². The zero-order valence-corrected chi connectivity index (χ0v) is 8.45. The van der Waals surface area contributed by atoms with Crippen molar-refractivity contribution in [3.8, 4) is 0 Å². The Kier molecular flexibility index (Phi) is 1.91. The van der Waals surface area contributed by atoms with Crippen LogP contribution in [0.15, 0.2) is 24.7 Å². The second-order valence-electron chi connectivity index (χ2n) is 4.18. The molecule has 0 amide bonds. The third-order valence-corrected chi connectivity index (χ3v) is 2.82. The zero-order valence-electron chi connectivity index (χ0n) is 8.45. The summed E-state index contributed by atoms with van der Waals surface area (Å²) in [5.74, 6) is 0.0139. The minimum Gasteiger partial charge on any atom is -0.487 e. The molecule has 3 heteroatoms. The normalized spacial score (nSPS) is 39.6. The quantitative estimate of drug-likeness (QED) is 0.674. The van der Waals surface area contributed by atoms with Crippen LogP contribution in [0.3, 0.4) is 0 Å². The first-order valence-corrected chi connectivity index (χ1v) is 4.77. The molecule has 2 atom stereocenters. The molecule has 76 valence electrons. The van der Waals surface area contributed by atoms with E-state index in [4.69, 9.17) is 9.47 Å². The maximum atomic E-state index is 12.2. The van der Waals surface area contributed by atoms with Crippen LogP contribution in [0.5, 0.6) is 0 Å². The van der Waals surface area contributed by atoms with Gasteiger partial charge in [-0.3, -0.25) is 4.79 Å². The maximum Gasteiger partial charge on any atom is 0.219 e. The van der Waals surface area contributed by atoms with Gasteiger partial charge < -0.3 is 9.47 Å². The minimum absolute atomic E-state index is 0.0139. The molecule has 0 aromatic rings. The molecule has 0 spiro atoms. The van der Waals surface area contributed by atoms with Gasteiger partial charge in [0.25, 0.3) is 0 Å². The number of rotatable bonds is 2. The van der Waals surface area contributed by atoms with E-state index in [-0.39, 0.29) is 5.78 Å². The number of hydrogen-bond acceptors (Lipinski definition) is 3. The van der Waals surface area contributed by atoms with Gasteiger partial charge in [-0.1, -0.05) is 0 Å². The van der Waals surface area contributed by atoms with Gasteiger partial charge in [0, 0.05) is 12.8 Å². The van der Waals surface area contributed by atoms with Gasteiger partial charge >= 0.3 is 0 Å². The van der Waals surface area contributed by atoms with Gasteiger partial charge in [-0.15, -0.1) is 0 Å². The monoisotopic (exact) mass is 194 g/mol. The summed E-state index contributed by atoms with van der Waals surface area (Å²) < 4.78 is 10.7. The van der Waals surface area contributed by atoms with E-state index in [1.165, 1.54) is 0 Å². The van der Waals surface area contributed by atoms with Gasteiger partial charge in [0.2, 0.25) is 5.78 Å². The molecule has 2 aliphatic rings. The van der Waals surface area contributed by atoms with Crippen LogP contribution in [-0.4, -0.2) is 17.0 Å². The first kappa shape index (κ1) is 9.31. The Balaban J connectivity index is 2.15. The molecule has 0 aromatic heterocycles. The minimum atomic E-state index is -0.735. The number of ketones is 1. The van der Waals surface area contributed by atoms with Crippen LogP contribution in [0.1, 0.15) is 26.7 Å². The summed E-state index contributed by atoms with van der Waals surface area (Å²) in [6.45, 7) is 3.62. The van der Waals surface area contributed by atoms with Crippen molar-refractivity contribution in [1.82, 2.24) is 0 Å². The summed E-state index contributed by atoms with van der Waals surface area (Å²) in [5.41, 5.74) is -1.47. The van der Waals surface area contributed by atoms with Crippen molar-refractivity contribution in [2.75, 3.05) is 0 Å². The highest BCUT2D eigenvalue weighted by Crippen LogP contribution is 2.34. The molecule has 0 bridgehead atoms. The van der Waals surface area contributed by atoms with Gasteiger partial charge in [-0.25, -0.2) is 0 Å². The van der Waals surface area contributed by atoms with Crippen molar-refractivity contribution < 1.29 is 14.3 Å². The van der Waals surface area contributed by atoms with Crippen LogP contribution < -0.4 is 0 Å². The molecule has 0 aromatic carbocycles. The van der Waals surface area contributed by atoms with Gasteiger partial charge in [0.1, 0.15) is 0 Å². The van der Waals surface area contributed by atoms with E-state index in [0.717, 1.165) is 0 Å². The predicted molar refractivity (Wildman–Crippen MR) is 51.5 cm³/mol. The highest BCUT2D eigenvalue weighted by molar-refractivity contribution is 5.95. The Morgan fingerprint density at radius 1 is 1.07 bits per heavy atom. The molecular weight excluding hydrogens is 180 g/mol. The molecule has 2 unspecified atom stereocenters. The largest absolute Gasteiger partial charge is 0.487 e. The summed E-state index contributed by atoms with van der Waals surface area (Å²) in [7, 11) is 0. The van der Waals surface area contributed by atoms with Crippen molar-refractivity contribution in [1.29, 1.82) is 0 Å². The molecule has 0 aliphatic carbocycles. The fraction of sp³-hybridized carbons (Fsp3) is 0.545. The first-order chi connectivity index (χ1) is 6.57. The van der Waals surface area contributed by atoms with E-state index in [9.17, 15) is 4.79 Å². The number of ether oxygens (including phenoxy) is 2. The molecule has 3 nitrogen and oxygen atoms in total. The van der Waals surface area contributed by atoms with Crippen LogP contribution in [0.25, 0.3) is 0 Å². The van der Waals surface area contributed by atoms with E-state index >= 15 is 0 Å². The van der Waals surface area contributed by atoms with E-state index < -0.39 is 11.2 Å². The standard InChI is InChI=1S/C11H14O3/c1-10(5-3-7-13-10)9(12)11(2)6-4-8-14-11/h3-4,7-8H,5-6H2,1-2H3. The number of hydrogen-bond donors (Lipinski definition) is 0. The highest BCUT2D eigenvalue weighted by Gasteiger charge is 2.49. The second kappa shape index (κ2) is 2.87. The van der Waals surface area contributed by atoms with Gasteiger partial charge in [0.05, 0.1) is 12.5 Å². The number of carbonyl (C=O) groups excluding carboxylic acids is 1. The highest BCUT2D eigenvalue weighted by atomic mass is 16.5. The fourth-order valence-corrected chi connectivity index (χ4v) is 1.89. The van der Waals surface area contributed by atoms with Crippen molar-refractivity contribution in [3.05, 3.63) is 24.7 Å². The summed E-state index contributed by atoms with van der Waals surface area (Å²) in [6.07, 6.45) is 8.16. The molecule has 2 heterocycles. The average molecular weight is 194 g/mol. The van der Waals surface area contributed by atoms with Crippen molar-refractivity contribution in [2.24, 2.45) is 0 Å². The number of Topliss-reactive ketones (excluding diaryl/α,β-unsaturated/α-hetero) is 1. The van der Waals surface area contributed by atoms with Gasteiger partial charge in [0.15, 0.2) is 11.2 Å². The van der Waals surface area contributed by atoms with Crippen LogP contribution in [0, 0.1) is 0 Å². The summed E-state index contributed by atoms with van der Waals surface area (Å²) in [4.78, 5) is 12.2. The SMILES string of the molecule is CC1(C(=O)C2(C)CC=CO2)CC=CO1. The van der Waals surface area contributed by atoms with E-state index in [1.807, 2.05) is 26.0 Å². The lowest BCUT2D eigenvalue weighted by Gasteiger charge is -2.31. The van der Waals surface area contributed by atoms with E-state index in [2.05, 4.69) is 0 Å². The molecule has 0 saturated carbocycles.